The Balaban J connectivity index is 3.28. The van der Waals surface area contributed by atoms with Gasteiger partial charge in [-0.2, -0.15) is 5.12 Å². The molecule has 9 heavy (non-hydrogen) atoms. The number of hydrogen-bond acceptors (Lipinski definition) is 1. The summed E-state index contributed by atoms with van der Waals surface area (Å²) in [5.41, 5.74) is 0. The maximum Gasteiger partial charge on any atom is 0.249 e. The second-order valence-corrected chi connectivity index (χ2v) is 1.97. The fraction of sp³-hybridized carbons (Fsp3) is 0.833. The monoisotopic (exact) mass is 133 g/mol. The summed E-state index contributed by atoms with van der Waals surface area (Å²) in [6.45, 7) is 1.96. The normalized spacial score (nSPS) is 9.22. The lowest BCUT2D eigenvalue weighted by Crippen LogP contribution is -2.16. The standard InChI is InChI=1S/C6H12FNO/c1-3-4-5-6(9)8(2)7/h3-5H2,1-2H3. The van der Waals surface area contributed by atoms with Crippen LogP contribution in [0.1, 0.15) is 26.2 Å². The van der Waals surface area contributed by atoms with Crippen molar-refractivity contribution in [2.75, 3.05) is 7.05 Å². The second-order valence-electron chi connectivity index (χ2n) is 1.97. The van der Waals surface area contributed by atoms with Crippen molar-refractivity contribution in [3.8, 4) is 0 Å². The predicted octanol–water partition coefficient (Wildman–Crippen LogP) is 1.52. The van der Waals surface area contributed by atoms with Gasteiger partial charge in [0.1, 0.15) is 0 Å². The van der Waals surface area contributed by atoms with Crippen molar-refractivity contribution in [3.05, 3.63) is 0 Å². The molecule has 0 radical (unpaired) electrons. The van der Waals surface area contributed by atoms with E-state index in [2.05, 4.69) is 0 Å². The van der Waals surface area contributed by atoms with Gasteiger partial charge in [-0.3, -0.25) is 4.79 Å². The molecule has 1 amide bonds. The number of halogens is 1. The molecule has 0 N–H and O–H groups in total. The molecule has 0 aliphatic carbocycles. The van der Waals surface area contributed by atoms with E-state index in [1.54, 1.807) is 0 Å². The molecule has 0 atom stereocenters. The molecule has 0 spiro atoms. The Labute approximate surface area is 54.6 Å². The van der Waals surface area contributed by atoms with Gasteiger partial charge >= 0.3 is 0 Å². The van der Waals surface area contributed by atoms with Crippen LogP contribution >= 0.6 is 0 Å². The Bertz CT molecular complexity index is 93.1. The van der Waals surface area contributed by atoms with Crippen molar-refractivity contribution < 1.29 is 9.28 Å². The SMILES string of the molecule is CCCCC(=O)N(C)F. The van der Waals surface area contributed by atoms with E-state index in [-0.39, 0.29) is 5.12 Å². The summed E-state index contributed by atoms with van der Waals surface area (Å²) in [4.78, 5) is 10.5. The summed E-state index contributed by atoms with van der Waals surface area (Å²) in [5.74, 6) is -0.433. The number of rotatable bonds is 3. The van der Waals surface area contributed by atoms with E-state index in [4.69, 9.17) is 0 Å². The smallest absolute Gasteiger partial charge is 0.249 e. The first-order chi connectivity index (χ1) is 4.18. The second kappa shape index (κ2) is 4.30. The van der Waals surface area contributed by atoms with Crippen LogP contribution in [0.5, 0.6) is 0 Å². The third kappa shape index (κ3) is 3.94. The molecule has 0 saturated heterocycles. The minimum absolute atomic E-state index is 0.135. The number of carbonyl (C=O) groups excluding carboxylic acids is 1. The van der Waals surface area contributed by atoms with Gasteiger partial charge in [-0.1, -0.05) is 17.8 Å². The lowest BCUT2D eigenvalue weighted by Gasteiger charge is -2.02. The molecule has 0 aliphatic heterocycles. The lowest BCUT2D eigenvalue weighted by atomic mass is 10.2. The molecule has 0 heterocycles. The number of hydrogen-bond donors (Lipinski definition) is 0. The highest BCUT2D eigenvalue weighted by Gasteiger charge is 2.04. The molecule has 54 valence electrons. The van der Waals surface area contributed by atoms with Gasteiger partial charge in [0.25, 0.3) is 0 Å². The van der Waals surface area contributed by atoms with Crippen LogP contribution in [0.2, 0.25) is 0 Å². The Morgan fingerprint density at radius 3 is 2.56 bits per heavy atom. The van der Waals surface area contributed by atoms with E-state index in [1.807, 2.05) is 6.92 Å². The van der Waals surface area contributed by atoms with E-state index in [0.29, 0.717) is 6.42 Å². The summed E-state index contributed by atoms with van der Waals surface area (Å²) in [6, 6.07) is 0. The highest BCUT2D eigenvalue weighted by Crippen LogP contribution is 1.97. The molecule has 0 unspecified atom stereocenters. The molecular formula is C6H12FNO. The average Bonchev–Trinajstić information content (AvgIpc) is 1.82. The van der Waals surface area contributed by atoms with E-state index >= 15 is 0 Å². The van der Waals surface area contributed by atoms with Crippen molar-refractivity contribution in [2.45, 2.75) is 26.2 Å². The maximum absolute atomic E-state index is 11.9. The first kappa shape index (κ1) is 8.40. The van der Waals surface area contributed by atoms with Crippen LogP contribution < -0.4 is 0 Å². The summed E-state index contributed by atoms with van der Waals surface area (Å²) < 4.78 is 11.9. The van der Waals surface area contributed by atoms with Crippen molar-refractivity contribution >= 4 is 5.91 Å². The van der Waals surface area contributed by atoms with Crippen LogP contribution in [0.15, 0.2) is 0 Å². The quantitative estimate of drug-likeness (QED) is 0.534. The summed E-state index contributed by atoms with van der Waals surface area (Å²) >= 11 is 0. The molecule has 0 aromatic heterocycles. The van der Waals surface area contributed by atoms with Crippen LogP contribution in [-0.2, 0) is 4.79 Å². The van der Waals surface area contributed by atoms with Gasteiger partial charge in [0.15, 0.2) is 0 Å². The van der Waals surface area contributed by atoms with Crippen LogP contribution in [0.3, 0.4) is 0 Å². The predicted molar refractivity (Wildman–Crippen MR) is 33.4 cm³/mol. The third-order valence-electron chi connectivity index (χ3n) is 1.09. The lowest BCUT2D eigenvalue weighted by molar-refractivity contribution is -0.143. The molecular weight excluding hydrogens is 121 g/mol. The zero-order chi connectivity index (χ0) is 7.28. The molecule has 0 bridgehead atoms. The summed E-state index contributed by atoms with van der Waals surface area (Å²) in [6.07, 6.45) is 2.02. The van der Waals surface area contributed by atoms with Crippen molar-refractivity contribution in [2.24, 2.45) is 0 Å². The maximum atomic E-state index is 11.9. The van der Waals surface area contributed by atoms with Gasteiger partial charge in [0.2, 0.25) is 5.91 Å². The molecule has 0 rings (SSSR count). The Morgan fingerprint density at radius 2 is 2.22 bits per heavy atom. The summed E-state index contributed by atoms with van der Waals surface area (Å²) in [7, 11) is 1.12. The number of carbonyl (C=O) groups is 1. The first-order valence-electron chi connectivity index (χ1n) is 3.10. The van der Waals surface area contributed by atoms with Gasteiger partial charge in [-0.25, -0.2) is 0 Å². The largest absolute Gasteiger partial charge is 0.272 e. The fourth-order valence-electron chi connectivity index (χ4n) is 0.482. The first-order valence-corrected chi connectivity index (χ1v) is 3.10. The van der Waals surface area contributed by atoms with E-state index < -0.39 is 5.91 Å². The molecule has 0 saturated carbocycles. The van der Waals surface area contributed by atoms with Crippen LogP contribution in [0.25, 0.3) is 0 Å². The highest BCUT2D eigenvalue weighted by molar-refractivity contribution is 5.74. The zero-order valence-electron chi connectivity index (χ0n) is 5.85. The number of nitrogens with zero attached hydrogens (tertiary/aromatic N) is 1. The minimum atomic E-state index is -0.433. The molecule has 0 aromatic carbocycles. The van der Waals surface area contributed by atoms with Crippen LogP contribution in [0.4, 0.5) is 4.48 Å². The van der Waals surface area contributed by atoms with Gasteiger partial charge in [-0.05, 0) is 6.42 Å². The Hall–Kier alpha value is -0.600. The molecule has 0 aromatic rings. The van der Waals surface area contributed by atoms with Crippen molar-refractivity contribution in [3.63, 3.8) is 0 Å². The number of unbranched alkanes of at least 4 members (excludes halogenated alkanes) is 1. The summed E-state index contributed by atoms with van der Waals surface area (Å²) in [5, 5.41) is 0.135. The van der Waals surface area contributed by atoms with E-state index in [9.17, 15) is 9.28 Å². The molecule has 0 aliphatic rings. The molecule has 0 fully saturated rings. The van der Waals surface area contributed by atoms with Crippen molar-refractivity contribution in [1.82, 2.24) is 5.12 Å². The van der Waals surface area contributed by atoms with Gasteiger partial charge in [0, 0.05) is 13.5 Å². The zero-order valence-corrected chi connectivity index (χ0v) is 5.85. The molecule has 3 heteroatoms. The van der Waals surface area contributed by atoms with E-state index in [1.165, 1.54) is 0 Å². The Kier molecular flexibility index (Phi) is 4.01. The fourth-order valence-corrected chi connectivity index (χ4v) is 0.482. The van der Waals surface area contributed by atoms with Gasteiger partial charge in [-0.15, -0.1) is 0 Å². The Morgan fingerprint density at radius 1 is 1.67 bits per heavy atom. The van der Waals surface area contributed by atoms with Crippen LogP contribution in [-0.4, -0.2) is 18.1 Å². The average molecular weight is 133 g/mol. The topological polar surface area (TPSA) is 20.3 Å². The minimum Gasteiger partial charge on any atom is -0.272 e. The number of amides is 1. The van der Waals surface area contributed by atoms with E-state index in [0.717, 1.165) is 19.9 Å². The van der Waals surface area contributed by atoms with Crippen LogP contribution in [0, 0.1) is 0 Å². The molecule has 2 nitrogen and oxygen atoms in total. The highest BCUT2D eigenvalue weighted by atomic mass is 19.2. The van der Waals surface area contributed by atoms with Gasteiger partial charge in [0.05, 0.1) is 0 Å². The van der Waals surface area contributed by atoms with Crippen molar-refractivity contribution in [1.29, 1.82) is 0 Å². The third-order valence-corrected chi connectivity index (χ3v) is 1.09. The van der Waals surface area contributed by atoms with Gasteiger partial charge < -0.3 is 0 Å².